The number of methoxy groups -OCH3 is 1. The first-order chi connectivity index (χ1) is 8.31. The Kier molecular flexibility index (Phi) is 6.07. The third-order valence-corrected chi connectivity index (χ3v) is 2.60. The van der Waals surface area contributed by atoms with Crippen molar-refractivity contribution in [3.05, 3.63) is 25.2 Å². The van der Waals surface area contributed by atoms with E-state index in [1.165, 1.54) is 19.2 Å². The van der Waals surface area contributed by atoms with Crippen LogP contribution in [0.15, 0.2) is 25.2 Å². The van der Waals surface area contributed by atoms with E-state index in [2.05, 4.69) is 28.8 Å². The van der Waals surface area contributed by atoms with Crippen LogP contribution in [0.5, 0.6) is 5.75 Å². The van der Waals surface area contributed by atoms with Crippen molar-refractivity contribution in [3.8, 4) is 5.75 Å². The van der Waals surface area contributed by atoms with Crippen LogP contribution in [0, 0.1) is 0 Å². The number of ether oxygens (including phenoxy) is 1. The molecule has 0 radical (unpaired) electrons. The largest absolute Gasteiger partial charge is 0.491 e. The van der Waals surface area contributed by atoms with Crippen molar-refractivity contribution < 1.29 is 4.74 Å². The first kappa shape index (κ1) is 13.5. The summed E-state index contributed by atoms with van der Waals surface area (Å²) < 4.78 is 5.22. The molecule has 0 fully saturated rings. The number of aromatic nitrogens is 2. The molecule has 0 aliphatic rings. The molecule has 4 nitrogen and oxygen atoms in total. The predicted molar refractivity (Wildman–Crippen MR) is 70.3 cm³/mol. The van der Waals surface area contributed by atoms with Crippen LogP contribution in [-0.4, -0.2) is 23.1 Å². The molecular formula is C13H21N3O. The SMILES string of the molecule is C=CC[C@H](CCCC)Nc1ncncc1OC. The summed E-state index contributed by atoms with van der Waals surface area (Å²) in [6.45, 7) is 5.98. The van der Waals surface area contributed by atoms with Crippen molar-refractivity contribution in [1.29, 1.82) is 0 Å². The van der Waals surface area contributed by atoms with Gasteiger partial charge in [0.2, 0.25) is 0 Å². The first-order valence-corrected chi connectivity index (χ1v) is 6.03. The molecule has 17 heavy (non-hydrogen) atoms. The minimum absolute atomic E-state index is 0.358. The number of anilines is 1. The highest BCUT2D eigenvalue weighted by molar-refractivity contribution is 5.48. The van der Waals surface area contributed by atoms with Crippen LogP contribution in [0.3, 0.4) is 0 Å². The van der Waals surface area contributed by atoms with Crippen LogP contribution >= 0.6 is 0 Å². The van der Waals surface area contributed by atoms with E-state index in [1.807, 2.05) is 6.08 Å². The summed E-state index contributed by atoms with van der Waals surface area (Å²) in [7, 11) is 1.62. The molecule has 0 aromatic carbocycles. The van der Waals surface area contributed by atoms with Crippen LogP contribution < -0.4 is 10.1 Å². The van der Waals surface area contributed by atoms with Gasteiger partial charge in [-0.1, -0.05) is 25.8 Å². The topological polar surface area (TPSA) is 47.0 Å². The van der Waals surface area contributed by atoms with E-state index in [9.17, 15) is 0 Å². The lowest BCUT2D eigenvalue weighted by molar-refractivity contribution is 0.411. The normalized spacial score (nSPS) is 11.9. The Morgan fingerprint density at radius 2 is 2.41 bits per heavy atom. The Morgan fingerprint density at radius 1 is 1.59 bits per heavy atom. The van der Waals surface area contributed by atoms with Gasteiger partial charge in [-0.3, -0.25) is 0 Å². The highest BCUT2D eigenvalue weighted by Crippen LogP contribution is 2.21. The monoisotopic (exact) mass is 235 g/mol. The van der Waals surface area contributed by atoms with Crippen LogP contribution in [0.4, 0.5) is 5.82 Å². The second kappa shape index (κ2) is 7.65. The summed E-state index contributed by atoms with van der Waals surface area (Å²) in [4.78, 5) is 8.13. The van der Waals surface area contributed by atoms with Gasteiger partial charge in [0, 0.05) is 6.04 Å². The van der Waals surface area contributed by atoms with Crippen molar-refractivity contribution >= 4 is 5.82 Å². The molecule has 1 atom stereocenters. The maximum atomic E-state index is 5.22. The highest BCUT2D eigenvalue weighted by atomic mass is 16.5. The lowest BCUT2D eigenvalue weighted by atomic mass is 10.1. The number of hydrogen-bond acceptors (Lipinski definition) is 4. The smallest absolute Gasteiger partial charge is 0.179 e. The second-order valence-corrected chi connectivity index (χ2v) is 3.95. The van der Waals surface area contributed by atoms with Crippen molar-refractivity contribution in [1.82, 2.24) is 9.97 Å². The quantitative estimate of drug-likeness (QED) is 0.703. The maximum Gasteiger partial charge on any atom is 0.179 e. The van der Waals surface area contributed by atoms with Crippen molar-refractivity contribution in [2.45, 2.75) is 38.6 Å². The van der Waals surface area contributed by atoms with E-state index < -0.39 is 0 Å². The summed E-state index contributed by atoms with van der Waals surface area (Å²) in [5.41, 5.74) is 0. The van der Waals surface area contributed by atoms with Gasteiger partial charge in [0.25, 0.3) is 0 Å². The zero-order valence-electron chi connectivity index (χ0n) is 10.6. The number of nitrogens with one attached hydrogen (secondary N) is 1. The Balaban J connectivity index is 2.66. The number of nitrogens with zero attached hydrogens (tertiary/aromatic N) is 2. The summed E-state index contributed by atoms with van der Waals surface area (Å²) in [5, 5.41) is 3.39. The molecule has 0 amide bonds. The molecule has 94 valence electrons. The zero-order chi connectivity index (χ0) is 12.5. The lowest BCUT2D eigenvalue weighted by Gasteiger charge is -2.18. The Bertz CT molecular complexity index is 341. The van der Waals surface area contributed by atoms with E-state index in [0.717, 1.165) is 18.7 Å². The van der Waals surface area contributed by atoms with Crippen LogP contribution in [-0.2, 0) is 0 Å². The van der Waals surface area contributed by atoms with Gasteiger partial charge in [0.05, 0.1) is 13.3 Å². The molecule has 1 aromatic rings. The molecule has 1 aromatic heterocycles. The molecule has 1 heterocycles. The van der Waals surface area contributed by atoms with Gasteiger partial charge in [0.15, 0.2) is 11.6 Å². The van der Waals surface area contributed by atoms with Gasteiger partial charge in [-0.25, -0.2) is 9.97 Å². The number of hydrogen-bond donors (Lipinski definition) is 1. The van der Waals surface area contributed by atoms with E-state index in [-0.39, 0.29) is 0 Å². The molecular weight excluding hydrogens is 214 g/mol. The molecule has 0 unspecified atom stereocenters. The molecule has 0 bridgehead atoms. The van der Waals surface area contributed by atoms with E-state index in [0.29, 0.717) is 11.8 Å². The lowest BCUT2D eigenvalue weighted by Crippen LogP contribution is -2.19. The van der Waals surface area contributed by atoms with Crippen molar-refractivity contribution in [3.63, 3.8) is 0 Å². The fourth-order valence-electron chi connectivity index (χ4n) is 1.67. The van der Waals surface area contributed by atoms with E-state index in [1.54, 1.807) is 13.3 Å². The van der Waals surface area contributed by atoms with Crippen LogP contribution in [0.1, 0.15) is 32.6 Å². The first-order valence-electron chi connectivity index (χ1n) is 6.03. The molecule has 0 aliphatic heterocycles. The Morgan fingerprint density at radius 3 is 3.06 bits per heavy atom. The summed E-state index contributed by atoms with van der Waals surface area (Å²) >= 11 is 0. The maximum absolute atomic E-state index is 5.22. The van der Waals surface area contributed by atoms with Crippen LogP contribution in [0.25, 0.3) is 0 Å². The van der Waals surface area contributed by atoms with Gasteiger partial charge < -0.3 is 10.1 Å². The minimum atomic E-state index is 0.358. The summed E-state index contributed by atoms with van der Waals surface area (Å²) in [6, 6.07) is 0.358. The van der Waals surface area contributed by atoms with Gasteiger partial charge in [-0.2, -0.15) is 0 Å². The molecule has 1 rings (SSSR count). The standard InChI is InChI=1S/C13H21N3O/c1-4-6-8-11(7-5-2)16-13-12(17-3)9-14-10-15-13/h5,9-11H,2,4,6-8H2,1,3H3,(H,14,15,16)/t11-/m1/s1. The number of rotatable bonds is 8. The van der Waals surface area contributed by atoms with Crippen LogP contribution in [0.2, 0.25) is 0 Å². The molecule has 4 heteroatoms. The van der Waals surface area contributed by atoms with E-state index >= 15 is 0 Å². The molecule has 0 saturated heterocycles. The summed E-state index contributed by atoms with van der Waals surface area (Å²) in [5.74, 6) is 1.43. The predicted octanol–water partition coefficient (Wildman–Crippen LogP) is 3.03. The second-order valence-electron chi connectivity index (χ2n) is 3.95. The molecule has 0 spiro atoms. The fraction of sp³-hybridized carbons (Fsp3) is 0.538. The zero-order valence-corrected chi connectivity index (χ0v) is 10.6. The molecule has 0 aliphatic carbocycles. The fourth-order valence-corrected chi connectivity index (χ4v) is 1.67. The van der Waals surface area contributed by atoms with Gasteiger partial charge in [-0.15, -0.1) is 6.58 Å². The van der Waals surface area contributed by atoms with Crippen molar-refractivity contribution in [2.24, 2.45) is 0 Å². The average molecular weight is 235 g/mol. The number of unbranched alkanes of at least 4 members (excludes halogenated alkanes) is 1. The Hall–Kier alpha value is -1.58. The third-order valence-electron chi connectivity index (χ3n) is 2.60. The summed E-state index contributed by atoms with van der Waals surface area (Å²) in [6.07, 6.45) is 9.54. The minimum Gasteiger partial charge on any atom is -0.491 e. The van der Waals surface area contributed by atoms with Gasteiger partial charge >= 0.3 is 0 Å². The Labute approximate surface area is 103 Å². The van der Waals surface area contributed by atoms with Crippen molar-refractivity contribution in [2.75, 3.05) is 12.4 Å². The van der Waals surface area contributed by atoms with Gasteiger partial charge in [0.1, 0.15) is 6.33 Å². The molecule has 1 N–H and O–H groups in total. The van der Waals surface area contributed by atoms with Gasteiger partial charge in [-0.05, 0) is 12.8 Å². The average Bonchev–Trinajstić information content (AvgIpc) is 2.37. The highest BCUT2D eigenvalue weighted by Gasteiger charge is 2.10. The molecule has 0 saturated carbocycles. The van der Waals surface area contributed by atoms with E-state index in [4.69, 9.17) is 4.74 Å². The third kappa shape index (κ3) is 4.43.